The van der Waals surface area contributed by atoms with E-state index in [2.05, 4.69) is 4.98 Å². The highest BCUT2D eigenvalue weighted by atomic mass is 19.1. The number of carbonyl (C=O) groups is 2. The molecule has 1 aromatic heterocycles. The number of ketones is 1. The van der Waals surface area contributed by atoms with Gasteiger partial charge in [-0.2, -0.15) is 0 Å². The summed E-state index contributed by atoms with van der Waals surface area (Å²) in [6.07, 6.45) is -2.03. The number of aryl methyl sites for hydroxylation is 1. The van der Waals surface area contributed by atoms with Gasteiger partial charge in [-0.15, -0.1) is 0 Å². The Bertz CT molecular complexity index is 975. The summed E-state index contributed by atoms with van der Waals surface area (Å²) < 4.78 is 37.4. The van der Waals surface area contributed by atoms with E-state index in [1.807, 2.05) is 6.92 Å². The second-order valence-corrected chi connectivity index (χ2v) is 10.6. The molecule has 3 rings (SSSR count). The topological polar surface area (TPSA) is 132 Å². The molecule has 0 saturated carbocycles. The average molecular weight is 512 g/mol. The van der Waals surface area contributed by atoms with Gasteiger partial charge in [0.25, 0.3) is 0 Å². The third-order valence-electron chi connectivity index (χ3n) is 7.44. The Kier molecular flexibility index (Phi) is 8.75. The van der Waals surface area contributed by atoms with Gasteiger partial charge in [0.1, 0.15) is 23.6 Å². The second kappa shape index (κ2) is 11.1. The van der Waals surface area contributed by atoms with E-state index in [0.717, 1.165) is 6.08 Å². The van der Waals surface area contributed by atoms with Crippen molar-refractivity contribution in [2.24, 2.45) is 11.3 Å². The molecule has 3 heterocycles. The van der Waals surface area contributed by atoms with Crippen molar-refractivity contribution in [2.75, 3.05) is 6.61 Å². The van der Waals surface area contributed by atoms with Gasteiger partial charge < -0.3 is 28.8 Å². The van der Waals surface area contributed by atoms with Crippen molar-refractivity contribution in [3.05, 3.63) is 23.7 Å². The Labute approximate surface area is 211 Å². The van der Waals surface area contributed by atoms with E-state index in [4.69, 9.17) is 18.6 Å². The molecule has 0 radical (unpaired) electrons. The number of aliphatic hydroxyl groups is 2. The number of carbonyl (C=O) groups excluding carboxylic acids is 2. The van der Waals surface area contributed by atoms with Gasteiger partial charge in [0.15, 0.2) is 12.0 Å². The fraction of sp³-hybridized carbons (Fsp3) is 0.731. The summed E-state index contributed by atoms with van der Waals surface area (Å²) in [7, 11) is 0. The first-order valence-electron chi connectivity index (χ1n) is 12.5. The van der Waals surface area contributed by atoms with Crippen molar-refractivity contribution in [2.45, 2.75) is 103 Å². The van der Waals surface area contributed by atoms with Gasteiger partial charge in [-0.1, -0.05) is 20.8 Å². The van der Waals surface area contributed by atoms with E-state index in [9.17, 15) is 19.8 Å². The zero-order valence-corrected chi connectivity index (χ0v) is 21.8. The van der Waals surface area contributed by atoms with Gasteiger partial charge in [0.05, 0.1) is 41.9 Å². The number of ether oxygens (including phenoxy) is 3. The lowest BCUT2D eigenvalue weighted by molar-refractivity contribution is -0.156. The van der Waals surface area contributed by atoms with Crippen LogP contribution in [-0.2, 0) is 23.8 Å². The van der Waals surface area contributed by atoms with Gasteiger partial charge in [-0.05, 0) is 20.3 Å². The molecule has 202 valence electrons. The molecule has 9 nitrogen and oxygen atoms in total. The highest BCUT2D eigenvalue weighted by Gasteiger charge is 2.53. The molecule has 0 aromatic carbocycles. The van der Waals surface area contributed by atoms with Crippen LogP contribution in [0.1, 0.15) is 71.9 Å². The van der Waals surface area contributed by atoms with E-state index in [-0.39, 0.29) is 24.5 Å². The predicted octanol–water partition coefficient (Wildman–Crippen LogP) is 3.30. The van der Waals surface area contributed by atoms with Crippen molar-refractivity contribution >= 4 is 17.8 Å². The summed E-state index contributed by atoms with van der Waals surface area (Å²) in [5.74, 6) is -2.41. The van der Waals surface area contributed by atoms with Crippen LogP contribution in [0.3, 0.4) is 0 Å². The molecule has 0 bridgehead atoms. The number of aliphatic hydroxyl groups excluding tert-OH is 2. The van der Waals surface area contributed by atoms with Gasteiger partial charge in [-0.25, -0.2) is 9.37 Å². The third kappa shape index (κ3) is 6.40. The first kappa shape index (κ1) is 28.4. The molecule has 2 N–H and O–H groups in total. The first-order valence-corrected chi connectivity index (χ1v) is 12.5. The van der Waals surface area contributed by atoms with E-state index in [0.29, 0.717) is 18.7 Å². The molecule has 10 heteroatoms. The van der Waals surface area contributed by atoms with Crippen LogP contribution in [0.15, 0.2) is 16.5 Å². The van der Waals surface area contributed by atoms with E-state index in [1.54, 1.807) is 20.8 Å². The number of nitrogens with zero attached hydrogens (tertiary/aromatic N) is 1. The van der Waals surface area contributed by atoms with Crippen LogP contribution in [0.4, 0.5) is 4.39 Å². The van der Waals surface area contributed by atoms with Crippen LogP contribution < -0.4 is 0 Å². The maximum absolute atomic E-state index is 15.2. The zero-order valence-electron chi connectivity index (χ0n) is 21.8. The maximum Gasteiger partial charge on any atom is 0.309 e. The molecule has 0 aliphatic carbocycles. The molecule has 2 aliphatic rings. The van der Waals surface area contributed by atoms with Crippen molar-refractivity contribution in [3.8, 4) is 0 Å². The van der Waals surface area contributed by atoms with Crippen molar-refractivity contribution in [3.63, 3.8) is 0 Å². The second-order valence-electron chi connectivity index (χ2n) is 10.6. The van der Waals surface area contributed by atoms with Crippen LogP contribution >= 0.6 is 0 Å². The number of hydrogen-bond donors (Lipinski definition) is 2. The van der Waals surface area contributed by atoms with Crippen LogP contribution in [0.5, 0.6) is 0 Å². The Morgan fingerprint density at radius 1 is 1.28 bits per heavy atom. The third-order valence-corrected chi connectivity index (χ3v) is 7.44. The van der Waals surface area contributed by atoms with E-state index in [1.165, 1.54) is 20.1 Å². The number of esters is 1. The largest absolute Gasteiger partial charge is 0.455 e. The lowest BCUT2D eigenvalue weighted by atomic mass is 9.73. The Morgan fingerprint density at radius 3 is 2.58 bits per heavy atom. The number of aromatic nitrogens is 1. The number of hydrogen-bond acceptors (Lipinski definition) is 9. The minimum absolute atomic E-state index is 0.0515. The van der Waals surface area contributed by atoms with Crippen molar-refractivity contribution in [1.29, 1.82) is 0 Å². The van der Waals surface area contributed by atoms with Crippen LogP contribution in [0.25, 0.3) is 6.08 Å². The highest BCUT2D eigenvalue weighted by Crippen LogP contribution is 2.44. The summed E-state index contributed by atoms with van der Waals surface area (Å²) in [5.41, 5.74) is -1.73. The number of rotatable bonds is 3. The van der Waals surface area contributed by atoms with Gasteiger partial charge >= 0.3 is 5.97 Å². The fourth-order valence-electron chi connectivity index (χ4n) is 4.62. The van der Waals surface area contributed by atoms with E-state index >= 15 is 4.39 Å². The quantitative estimate of drug-likeness (QED) is 0.463. The minimum Gasteiger partial charge on any atom is -0.455 e. The number of fused-ring (bicyclic) bond motifs is 1. The Balaban J connectivity index is 1.87. The molecule has 2 saturated heterocycles. The lowest BCUT2D eigenvalue weighted by Gasteiger charge is -2.35. The predicted molar refractivity (Wildman–Crippen MR) is 127 cm³/mol. The van der Waals surface area contributed by atoms with Crippen LogP contribution in [0, 0.1) is 18.3 Å². The summed E-state index contributed by atoms with van der Waals surface area (Å²) in [4.78, 5) is 30.2. The molecule has 7 atom stereocenters. The highest BCUT2D eigenvalue weighted by molar-refractivity contribution is 5.88. The minimum atomic E-state index is -1.41. The molecule has 0 unspecified atom stereocenters. The van der Waals surface area contributed by atoms with Gasteiger partial charge in [-0.3, -0.25) is 9.59 Å². The molecule has 2 fully saturated rings. The molecule has 2 aliphatic heterocycles. The lowest BCUT2D eigenvalue weighted by Crippen LogP contribution is -2.48. The number of cyclic esters (lactones) is 1. The van der Waals surface area contributed by atoms with Crippen molar-refractivity contribution < 1.29 is 42.8 Å². The normalized spacial score (nSPS) is 36.8. The van der Waals surface area contributed by atoms with E-state index < -0.39 is 65.7 Å². The van der Waals surface area contributed by atoms with Crippen LogP contribution in [0.2, 0.25) is 0 Å². The number of Topliss-reactive ketones (excluding diaryl/α,β-unsaturated/α-hetero) is 1. The Morgan fingerprint density at radius 2 is 1.97 bits per heavy atom. The van der Waals surface area contributed by atoms with Crippen molar-refractivity contribution in [1.82, 2.24) is 4.98 Å². The molecule has 0 amide bonds. The SMILES string of the molecule is CC[C@H]1C(=O)C(C)(C)[C@@H](O)CC(=O)O[C@H](C(F)=Cc2coc(C)n2)C[C@@H]2O[C@]2(C)CCO[C@H](C)[C@H]1O. The summed E-state index contributed by atoms with van der Waals surface area (Å²) in [6, 6.07) is 0. The number of oxazole rings is 1. The maximum atomic E-state index is 15.2. The zero-order chi connectivity index (χ0) is 26.8. The molecular weight excluding hydrogens is 473 g/mol. The van der Waals surface area contributed by atoms with Gasteiger partial charge in [0, 0.05) is 38.4 Å². The Hall–Kier alpha value is -2.14. The summed E-state index contributed by atoms with van der Waals surface area (Å²) in [6.45, 7) is 10.2. The fourth-order valence-corrected chi connectivity index (χ4v) is 4.62. The summed E-state index contributed by atoms with van der Waals surface area (Å²) >= 11 is 0. The molecular formula is C26H38FNO8. The molecule has 36 heavy (non-hydrogen) atoms. The average Bonchev–Trinajstić information content (AvgIpc) is 3.24. The first-order chi connectivity index (χ1) is 16.8. The number of halogens is 1. The molecule has 1 aromatic rings. The smallest absolute Gasteiger partial charge is 0.309 e. The van der Waals surface area contributed by atoms with Crippen LogP contribution in [-0.4, -0.2) is 69.7 Å². The standard InChI is InChI=1S/C26H38FNO8/c1-7-17-23(31)14(2)33-9-8-26(6)21(36-26)11-19(18(27)10-16-13-34-15(3)28-16)35-22(30)12-20(29)25(4,5)24(17)32/h10,13-14,17,19-21,23,29,31H,7-9,11-12H2,1-6H3/t14-,17-,19+,20+,21+,23-,26-/m1/s1. The molecule has 0 spiro atoms. The number of epoxide rings is 1. The van der Waals surface area contributed by atoms with Gasteiger partial charge in [0.2, 0.25) is 0 Å². The monoisotopic (exact) mass is 511 g/mol. The summed E-state index contributed by atoms with van der Waals surface area (Å²) in [5, 5.41) is 21.7.